The van der Waals surface area contributed by atoms with E-state index >= 15 is 0 Å². The van der Waals surface area contributed by atoms with Crippen LogP contribution in [0.1, 0.15) is 70.4 Å². The van der Waals surface area contributed by atoms with Gasteiger partial charge >= 0.3 is 17.9 Å². The Hall–Kier alpha value is -5.60. The van der Waals surface area contributed by atoms with Crippen molar-refractivity contribution in [1.29, 1.82) is 0 Å². The van der Waals surface area contributed by atoms with Crippen LogP contribution in [-0.2, 0) is 31.9 Å². The molecule has 4 saturated heterocycles. The maximum atomic E-state index is 14.5. The number of amides is 1. The minimum absolute atomic E-state index is 0.0328. The van der Waals surface area contributed by atoms with Gasteiger partial charge in [0.15, 0.2) is 0 Å². The third kappa shape index (κ3) is 16.2. The quantitative estimate of drug-likeness (QED) is 0.105. The highest BCUT2D eigenvalue weighted by Crippen LogP contribution is 2.26. The maximum Gasteiger partial charge on any atom is 0.338 e. The Bertz CT molecular complexity index is 2310. The molecule has 0 spiro atoms. The number of aromatic nitrogens is 4. The molecule has 0 aliphatic carbocycles. The summed E-state index contributed by atoms with van der Waals surface area (Å²) in [5.74, 6) is -0.989. The summed E-state index contributed by atoms with van der Waals surface area (Å²) in [6.45, 7) is 7.21. The first-order chi connectivity index (χ1) is 33.3. The van der Waals surface area contributed by atoms with Crippen molar-refractivity contribution >= 4 is 58.9 Å². The first-order valence-electron chi connectivity index (χ1n) is 23.1. The molecular weight excluding hydrogens is 941 g/mol. The van der Waals surface area contributed by atoms with E-state index in [4.69, 9.17) is 48.0 Å². The number of carbonyl (C=O) groups excluding carboxylic acids is 3. The maximum absolute atomic E-state index is 14.5. The lowest BCUT2D eigenvalue weighted by atomic mass is 9.94. The van der Waals surface area contributed by atoms with Crippen LogP contribution in [0, 0.1) is 35.3 Å². The van der Waals surface area contributed by atoms with Crippen LogP contribution in [0.5, 0.6) is 0 Å². The van der Waals surface area contributed by atoms with Crippen LogP contribution < -0.4 is 15.1 Å². The van der Waals surface area contributed by atoms with E-state index in [2.05, 4.69) is 35.1 Å². The number of hydrogen-bond donors (Lipinski definition) is 4. The Labute approximate surface area is 409 Å². The number of aliphatic carboxylic acids is 1. The smallest absolute Gasteiger partial charge is 0.338 e. The number of carboxylic acid groups (broad SMARTS) is 1. The van der Waals surface area contributed by atoms with Gasteiger partial charge in [-0.2, -0.15) is 0 Å². The average Bonchev–Trinajstić information content (AvgIpc) is 3.31. The van der Waals surface area contributed by atoms with Gasteiger partial charge in [-0.1, -0.05) is 35.3 Å². The number of aliphatic hydroxyl groups is 2. The number of anilines is 2. The Morgan fingerprint density at radius 1 is 0.638 bits per heavy atom. The Morgan fingerprint density at radius 3 is 1.41 bits per heavy atom. The first kappa shape index (κ1) is 52.8. The van der Waals surface area contributed by atoms with Gasteiger partial charge in [-0.15, -0.1) is 0 Å². The predicted octanol–water partition coefficient (Wildman–Crippen LogP) is 5.28. The number of ether oxygens (including phenoxy) is 2. The minimum Gasteiger partial charge on any atom is -0.481 e. The molecule has 4 fully saturated rings. The number of nitrogens with zero attached hydrogens (tertiary/aromatic N) is 7. The molecule has 0 radical (unpaired) electrons. The monoisotopic (exact) mass is 998 g/mol. The molecule has 0 unspecified atom stereocenters. The van der Waals surface area contributed by atoms with Crippen molar-refractivity contribution in [2.24, 2.45) is 23.7 Å². The molecule has 6 heterocycles. The minimum atomic E-state index is -1.13. The summed E-state index contributed by atoms with van der Waals surface area (Å²) in [4.78, 5) is 70.1. The van der Waals surface area contributed by atoms with E-state index < -0.39 is 36.0 Å². The molecule has 2 aromatic heterocycles. The number of nitrogens with one attached hydrogen (secondary N) is 1. The number of carbonyl (C=O) groups is 4. The highest BCUT2D eigenvalue weighted by molar-refractivity contribution is 6.30. The van der Waals surface area contributed by atoms with Gasteiger partial charge in [-0.3, -0.25) is 9.59 Å². The number of halogens is 4. The lowest BCUT2D eigenvalue weighted by Gasteiger charge is -2.38. The summed E-state index contributed by atoms with van der Waals surface area (Å²) in [6, 6.07) is 7.78. The molecule has 4 aliphatic heterocycles. The van der Waals surface area contributed by atoms with Crippen LogP contribution in [0.3, 0.4) is 0 Å². The molecule has 4 N–H and O–H groups in total. The van der Waals surface area contributed by atoms with Crippen LogP contribution >= 0.6 is 23.2 Å². The molecule has 4 aliphatic rings. The highest BCUT2D eigenvalue weighted by Gasteiger charge is 2.30. The van der Waals surface area contributed by atoms with E-state index in [0.717, 1.165) is 89.9 Å². The molecular formula is C48H58Cl2F2N8O9. The summed E-state index contributed by atoms with van der Waals surface area (Å²) < 4.78 is 39.0. The third-order valence-corrected chi connectivity index (χ3v) is 12.9. The van der Waals surface area contributed by atoms with Gasteiger partial charge < -0.3 is 44.8 Å². The van der Waals surface area contributed by atoms with Crippen LogP contribution in [0.4, 0.5) is 20.7 Å². The number of piperidine rings is 2. The number of likely N-dealkylation sites (tertiary alicyclic amines) is 1. The molecule has 8 rings (SSSR count). The van der Waals surface area contributed by atoms with E-state index in [0.29, 0.717) is 59.4 Å². The third-order valence-electron chi connectivity index (χ3n) is 12.5. The summed E-state index contributed by atoms with van der Waals surface area (Å²) in [5, 5.41) is 30.2. The van der Waals surface area contributed by atoms with Crippen molar-refractivity contribution < 1.29 is 52.8 Å². The SMILES string of the molecule is O=C(O)Cc1ccc(C(=O)OCCC2CCN(c3ncc(Cl)cn3)CC2)cc1F.O=C(OCCC1CCN(c2ncc(Cl)cn2)CC1)c1ccc(CC(=O)N2CC(CO)C2)c(F)c1.OCC1CNC1. The van der Waals surface area contributed by atoms with Gasteiger partial charge in [-0.05, 0) is 85.8 Å². The summed E-state index contributed by atoms with van der Waals surface area (Å²) in [6.07, 6.45) is 11.0. The van der Waals surface area contributed by atoms with E-state index in [1.54, 1.807) is 29.7 Å². The van der Waals surface area contributed by atoms with Crippen molar-refractivity contribution in [3.05, 3.63) is 105 Å². The molecule has 2 aromatic carbocycles. The Morgan fingerprint density at radius 2 is 1.06 bits per heavy atom. The zero-order chi connectivity index (χ0) is 49.3. The summed E-state index contributed by atoms with van der Waals surface area (Å²) in [5.41, 5.74) is 0.481. The second-order valence-corrected chi connectivity index (χ2v) is 18.4. The van der Waals surface area contributed by atoms with Crippen molar-refractivity contribution in [1.82, 2.24) is 30.2 Å². The summed E-state index contributed by atoms with van der Waals surface area (Å²) in [7, 11) is 0. The second-order valence-electron chi connectivity index (χ2n) is 17.5. The second kappa shape index (κ2) is 26.4. The molecule has 21 heteroatoms. The zero-order valence-electron chi connectivity index (χ0n) is 38.2. The largest absolute Gasteiger partial charge is 0.481 e. The summed E-state index contributed by atoms with van der Waals surface area (Å²) >= 11 is 11.6. The molecule has 0 saturated carbocycles. The zero-order valence-corrected chi connectivity index (χ0v) is 39.7. The van der Waals surface area contributed by atoms with Crippen molar-refractivity contribution in [3.63, 3.8) is 0 Å². The van der Waals surface area contributed by atoms with Gasteiger partial charge in [0.2, 0.25) is 17.8 Å². The van der Waals surface area contributed by atoms with Gasteiger partial charge in [0, 0.05) is 77.4 Å². The molecule has 0 atom stereocenters. The van der Waals surface area contributed by atoms with Crippen LogP contribution in [-0.4, -0.2) is 143 Å². The van der Waals surface area contributed by atoms with Crippen molar-refractivity contribution in [2.45, 2.75) is 51.4 Å². The average molecular weight is 1000 g/mol. The van der Waals surface area contributed by atoms with Crippen LogP contribution in [0.25, 0.3) is 0 Å². The van der Waals surface area contributed by atoms with E-state index in [1.165, 1.54) is 24.3 Å². The molecule has 0 bridgehead atoms. The Balaban J connectivity index is 0.000000204. The lowest BCUT2D eigenvalue weighted by molar-refractivity contribution is -0.138. The number of carboxylic acids is 1. The van der Waals surface area contributed by atoms with Crippen LogP contribution in [0.2, 0.25) is 10.0 Å². The number of hydrogen-bond acceptors (Lipinski definition) is 15. The van der Waals surface area contributed by atoms with Crippen molar-refractivity contribution in [3.8, 4) is 0 Å². The number of rotatable bonds is 16. The number of aliphatic hydroxyl groups excluding tert-OH is 2. The number of esters is 2. The topological polar surface area (TPSA) is 221 Å². The van der Waals surface area contributed by atoms with Gasteiger partial charge in [0.05, 0.1) is 72.0 Å². The van der Waals surface area contributed by atoms with E-state index in [1.807, 2.05) is 0 Å². The first-order valence-corrected chi connectivity index (χ1v) is 23.8. The van der Waals surface area contributed by atoms with Gasteiger partial charge in [0.25, 0.3) is 0 Å². The van der Waals surface area contributed by atoms with Gasteiger partial charge in [0.1, 0.15) is 11.6 Å². The van der Waals surface area contributed by atoms with Crippen LogP contribution in [0.15, 0.2) is 61.2 Å². The van der Waals surface area contributed by atoms with E-state index in [-0.39, 0.29) is 60.3 Å². The predicted molar refractivity (Wildman–Crippen MR) is 252 cm³/mol. The fourth-order valence-corrected chi connectivity index (χ4v) is 8.22. The van der Waals surface area contributed by atoms with E-state index in [9.17, 15) is 28.0 Å². The highest BCUT2D eigenvalue weighted by atomic mass is 35.5. The lowest BCUT2D eigenvalue weighted by Crippen LogP contribution is -2.51. The fraction of sp³-hybridized carbons (Fsp3) is 0.500. The standard InChI is InChI=1S/C24H28ClFN4O4.C20H21ClFN3O4.C4H9NO/c25-20-11-27-24(28-12-20)29-6-3-16(4-7-29)5-8-34-23(33)19-2-1-18(21(26)9-19)10-22(32)30-13-17(14-30)15-31;21-16-11-23-20(24-12-16)25-6-3-13(4-7-25)5-8-29-19(28)15-2-1-14(10-18(26)27)17(22)9-15;6-3-4-1-5-2-4/h1-2,9,11-12,16-17,31H,3-8,10,13-15H2;1-2,9,11-13H,3-8,10H2,(H,26,27);4-6H,1-3H2. The molecule has 69 heavy (non-hydrogen) atoms. The molecule has 17 nitrogen and oxygen atoms in total. The van der Waals surface area contributed by atoms with Crippen molar-refractivity contribution in [2.75, 3.05) is 88.6 Å². The fourth-order valence-electron chi connectivity index (χ4n) is 8.02. The normalized spacial score (nSPS) is 16.5. The Kier molecular flexibility index (Phi) is 20.2. The van der Waals surface area contributed by atoms with Gasteiger partial charge in [-0.25, -0.2) is 38.3 Å². The molecule has 1 amide bonds. The molecule has 4 aromatic rings. The molecule has 372 valence electrons. The number of benzene rings is 2.